The van der Waals surface area contributed by atoms with Crippen LogP contribution in [0.2, 0.25) is 0 Å². The highest BCUT2D eigenvalue weighted by molar-refractivity contribution is 5.89. The Morgan fingerprint density at radius 3 is 2.71 bits per heavy atom. The van der Waals surface area contributed by atoms with E-state index in [-0.39, 0.29) is 34.7 Å². The first-order valence-electron chi connectivity index (χ1n) is 9.47. The molecule has 5 unspecified atom stereocenters. The Balaban J connectivity index is 1.64. The van der Waals surface area contributed by atoms with Crippen LogP contribution in [-0.2, 0) is 14.3 Å². The fraction of sp³-hybridized carbons (Fsp3) is 0.800. The van der Waals surface area contributed by atoms with E-state index < -0.39 is 0 Å². The molecule has 0 spiro atoms. The standard InChI is InChI=1S/C20H29NO3/c1-19-10-8-14-12(13(19)5-6-15(19)18(23)24-3)4-7-16-20(14,2)11-9-17(22)21-16/h9,11-16H,4-8,10H2,1-3H3,(H,21,22)/t12?,13?,14?,15-,16?,19+,20?/m1/s1. The number of fused-ring (bicyclic) bond motifs is 5. The zero-order valence-corrected chi connectivity index (χ0v) is 15.0. The van der Waals surface area contributed by atoms with E-state index in [0.717, 1.165) is 32.1 Å². The largest absolute Gasteiger partial charge is 0.469 e. The lowest BCUT2D eigenvalue weighted by Gasteiger charge is -2.58. The van der Waals surface area contributed by atoms with Gasteiger partial charge in [-0.3, -0.25) is 9.59 Å². The van der Waals surface area contributed by atoms with Gasteiger partial charge in [0.2, 0.25) is 5.91 Å². The summed E-state index contributed by atoms with van der Waals surface area (Å²) in [5, 5.41) is 3.20. The molecule has 4 rings (SSSR count). The Hall–Kier alpha value is -1.32. The second-order valence-electron chi connectivity index (χ2n) is 8.91. The lowest BCUT2D eigenvalue weighted by atomic mass is 9.48. The number of hydrogen-bond acceptors (Lipinski definition) is 3. The molecule has 4 nitrogen and oxygen atoms in total. The number of nitrogens with one attached hydrogen (secondary N) is 1. The number of carbonyl (C=O) groups excluding carboxylic acids is 2. The SMILES string of the molecule is COC(=O)[C@H]1CCC2C3CCC4NC(=O)C=CC4(C)C3CC[C@@]21C. The molecule has 4 heteroatoms. The molecule has 0 radical (unpaired) electrons. The van der Waals surface area contributed by atoms with Gasteiger partial charge in [-0.1, -0.05) is 19.9 Å². The highest BCUT2D eigenvalue weighted by atomic mass is 16.5. The molecule has 4 aliphatic rings. The molecule has 1 heterocycles. The highest BCUT2D eigenvalue weighted by Gasteiger charge is 2.61. The molecule has 1 N–H and O–H groups in total. The van der Waals surface area contributed by atoms with Gasteiger partial charge in [0.15, 0.2) is 0 Å². The molecule has 3 aliphatic carbocycles. The van der Waals surface area contributed by atoms with Gasteiger partial charge >= 0.3 is 5.97 Å². The minimum atomic E-state index is -0.0110. The third kappa shape index (κ3) is 2.04. The molecule has 7 atom stereocenters. The molecule has 0 aromatic heterocycles. The molecule has 0 bridgehead atoms. The van der Waals surface area contributed by atoms with Crippen LogP contribution in [0.1, 0.15) is 52.4 Å². The van der Waals surface area contributed by atoms with Crippen LogP contribution < -0.4 is 5.32 Å². The number of rotatable bonds is 1. The monoisotopic (exact) mass is 331 g/mol. The topological polar surface area (TPSA) is 55.4 Å². The molecule has 0 aromatic carbocycles. The predicted molar refractivity (Wildman–Crippen MR) is 91.0 cm³/mol. The molecule has 0 saturated heterocycles. The predicted octanol–water partition coefficient (Wildman–Crippen LogP) is 3.07. The molecule has 1 amide bonds. The number of hydrogen-bond donors (Lipinski definition) is 1. The fourth-order valence-corrected chi connectivity index (χ4v) is 6.86. The van der Waals surface area contributed by atoms with Crippen molar-refractivity contribution in [2.24, 2.45) is 34.5 Å². The van der Waals surface area contributed by atoms with Crippen LogP contribution in [0, 0.1) is 34.5 Å². The number of esters is 1. The summed E-state index contributed by atoms with van der Waals surface area (Å²) in [5.41, 5.74) is 0.167. The maximum Gasteiger partial charge on any atom is 0.309 e. The van der Waals surface area contributed by atoms with Crippen molar-refractivity contribution in [3.63, 3.8) is 0 Å². The van der Waals surface area contributed by atoms with Crippen molar-refractivity contribution in [3.05, 3.63) is 12.2 Å². The van der Waals surface area contributed by atoms with E-state index in [1.165, 1.54) is 13.5 Å². The normalized spacial score (nSPS) is 49.6. The van der Waals surface area contributed by atoms with Crippen molar-refractivity contribution in [1.82, 2.24) is 5.32 Å². The van der Waals surface area contributed by atoms with Gasteiger partial charge in [0, 0.05) is 11.5 Å². The van der Waals surface area contributed by atoms with Gasteiger partial charge in [-0.25, -0.2) is 0 Å². The van der Waals surface area contributed by atoms with Crippen molar-refractivity contribution >= 4 is 11.9 Å². The Morgan fingerprint density at radius 2 is 1.96 bits per heavy atom. The molecular formula is C20H29NO3. The lowest BCUT2D eigenvalue weighted by Crippen LogP contribution is -2.59. The van der Waals surface area contributed by atoms with E-state index in [2.05, 4.69) is 25.2 Å². The van der Waals surface area contributed by atoms with Crippen molar-refractivity contribution < 1.29 is 14.3 Å². The fourth-order valence-electron chi connectivity index (χ4n) is 6.86. The van der Waals surface area contributed by atoms with E-state index in [0.29, 0.717) is 17.8 Å². The van der Waals surface area contributed by atoms with Crippen LogP contribution in [0.5, 0.6) is 0 Å². The highest BCUT2D eigenvalue weighted by Crippen LogP contribution is 2.65. The maximum atomic E-state index is 12.3. The van der Waals surface area contributed by atoms with Crippen molar-refractivity contribution in [2.75, 3.05) is 7.11 Å². The van der Waals surface area contributed by atoms with Gasteiger partial charge in [-0.2, -0.15) is 0 Å². The number of methoxy groups -OCH3 is 1. The van der Waals surface area contributed by atoms with Crippen molar-refractivity contribution in [3.8, 4) is 0 Å². The first-order chi connectivity index (χ1) is 11.4. The molecule has 3 fully saturated rings. The Morgan fingerprint density at radius 1 is 1.17 bits per heavy atom. The summed E-state index contributed by atoms with van der Waals surface area (Å²) >= 11 is 0. The Labute approximate surface area is 144 Å². The second-order valence-corrected chi connectivity index (χ2v) is 8.91. The van der Waals surface area contributed by atoms with Crippen LogP contribution in [-0.4, -0.2) is 25.0 Å². The minimum absolute atomic E-state index is 0.0110. The van der Waals surface area contributed by atoms with Gasteiger partial charge in [-0.05, 0) is 67.8 Å². The Kier molecular flexibility index (Phi) is 3.59. The summed E-state index contributed by atoms with van der Waals surface area (Å²) in [6.07, 6.45) is 10.5. The van der Waals surface area contributed by atoms with Crippen molar-refractivity contribution in [2.45, 2.75) is 58.4 Å². The summed E-state index contributed by atoms with van der Waals surface area (Å²) in [6, 6.07) is 0.276. The van der Waals surface area contributed by atoms with Gasteiger partial charge in [0.25, 0.3) is 0 Å². The molecule has 1 aliphatic heterocycles. The van der Waals surface area contributed by atoms with Gasteiger partial charge in [0.1, 0.15) is 0 Å². The van der Waals surface area contributed by atoms with E-state index in [4.69, 9.17) is 4.74 Å². The summed E-state index contributed by atoms with van der Waals surface area (Å²) in [4.78, 5) is 24.0. The quantitative estimate of drug-likeness (QED) is 0.751. The van der Waals surface area contributed by atoms with Crippen LogP contribution >= 0.6 is 0 Å². The number of ether oxygens (including phenoxy) is 1. The van der Waals surface area contributed by atoms with Crippen LogP contribution in [0.25, 0.3) is 0 Å². The lowest BCUT2D eigenvalue weighted by molar-refractivity contribution is -0.153. The van der Waals surface area contributed by atoms with E-state index in [9.17, 15) is 9.59 Å². The third-order valence-corrected chi connectivity index (χ3v) is 8.17. The summed E-state index contributed by atoms with van der Waals surface area (Å²) in [5.74, 6) is 2.01. The average molecular weight is 331 g/mol. The van der Waals surface area contributed by atoms with Gasteiger partial charge in [0.05, 0.1) is 13.0 Å². The first kappa shape index (κ1) is 16.2. The third-order valence-electron chi connectivity index (χ3n) is 8.17. The van der Waals surface area contributed by atoms with E-state index in [1.807, 2.05) is 0 Å². The minimum Gasteiger partial charge on any atom is -0.469 e. The zero-order chi connectivity index (χ0) is 17.1. The summed E-state index contributed by atoms with van der Waals surface area (Å²) in [6.45, 7) is 4.66. The average Bonchev–Trinajstić information content (AvgIpc) is 2.92. The molecule has 24 heavy (non-hydrogen) atoms. The summed E-state index contributed by atoms with van der Waals surface area (Å²) in [7, 11) is 1.52. The smallest absolute Gasteiger partial charge is 0.309 e. The van der Waals surface area contributed by atoms with Crippen LogP contribution in [0.15, 0.2) is 12.2 Å². The van der Waals surface area contributed by atoms with Crippen molar-refractivity contribution in [1.29, 1.82) is 0 Å². The summed E-state index contributed by atoms with van der Waals surface area (Å²) < 4.78 is 5.10. The Bertz CT molecular complexity index is 600. The van der Waals surface area contributed by atoms with E-state index >= 15 is 0 Å². The first-order valence-corrected chi connectivity index (χ1v) is 9.47. The number of amides is 1. The van der Waals surface area contributed by atoms with Crippen LogP contribution in [0.4, 0.5) is 0 Å². The molecule has 132 valence electrons. The zero-order valence-electron chi connectivity index (χ0n) is 15.0. The van der Waals surface area contributed by atoms with Gasteiger partial charge in [-0.15, -0.1) is 0 Å². The molecular weight excluding hydrogens is 302 g/mol. The molecule has 3 saturated carbocycles. The number of carbonyl (C=O) groups is 2. The van der Waals surface area contributed by atoms with Crippen LogP contribution in [0.3, 0.4) is 0 Å². The maximum absolute atomic E-state index is 12.3. The van der Waals surface area contributed by atoms with Gasteiger partial charge < -0.3 is 10.1 Å². The molecule has 0 aromatic rings. The van der Waals surface area contributed by atoms with E-state index in [1.54, 1.807) is 6.08 Å². The second kappa shape index (κ2) is 5.34.